The van der Waals surface area contributed by atoms with E-state index < -0.39 is 21.0 Å². The average Bonchev–Trinajstić information content (AvgIpc) is 2.15. The molecule has 82 valence electrons. The van der Waals surface area contributed by atoms with Gasteiger partial charge in [-0.1, -0.05) is 0 Å². The van der Waals surface area contributed by atoms with E-state index in [1.165, 1.54) is 0 Å². The van der Waals surface area contributed by atoms with Gasteiger partial charge in [-0.15, -0.1) is 0 Å². The normalized spacial score (nSPS) is 10.4. The molecule has 1 N–H and O–H groups in total. The molecule has 0 unspecified atom stereocenters. The molecule has 0 heterocycles. The van der Waals surface area contributed by atoms with E-state index in [0.29, 0.717) is 0 Å². The third kappa shape index (κ3) is 3.81. The summed E-state index contributed by atoms with van der Waals surface area (Å²) in [7, 11) is -3.51. The summed E-state index contributed by atoms with van der Waals surface area (Å²) in [6, 6.07) is 2.91. The molecule has 1 aromatic carbocycles. The van der Waals surface area contributed by atoms with Gasteiger partial charge in [-0.05, 0) is 18.2 Å². The molecule has 0 aliphatic heterocycles. The van der Waals surface area contributed by atoms with E-state index in [-0.39, 0.29) is 62.7 Å². The van der Waals surface area contributed by atoms with Crippen LogP contribution in [0.1, 0.15) is 10.4 Å². The van der Waals surface area contributed by atoms with Gasteiger partial charge in [0, 0.05) is 0 Å². The number of benzene rings is 1. The summed E-state index contributed by atoms with van der Waals surface area (Å²) in [5.41, 5.74) is -0.153. The van der Waals surface area contributed by atoms with Crippen molar-refractivity contribution in [1.29, 1.82) is 0 Å². The summed E-state index contributed by atoms with van der Waals surface area (Å²) in [6.07, 6.45) is 0. The van der Waals surface area contributed by atoms with Crippen molar-refractivity contribution >= 4 is 16.1 Å². The predicted molar refractivity (Wildman–Crippen MR) is 47.9 cm³/mol. The van der Waals surface area contributed by atoms with Crippen LogP contribution in [-0.2, 0) is 10.1 Å². The van der Waals surface area contributed by atoms with Crippen LogP contribution in [0.15, 0.2) is 23.1 Å². The fraction of sp³-hybridized carbons (Fsp3) is 0.125. The molecule has 0 bridgehead atoms. The first kappa shape index (κ1) is 16.0. The Kier molecular flexibility index (Phi) is 6.11. The summed E-state index contributed by atoms with van der Waals surface area (Å²) < 4.78 is 36.8. The van der Waals surface area contributed by atoms with Gasteiger partial charge in [0.2, 0.25) is 0 Å². The van der Waals surface area contributed by atoms with E-state index in [2.05, 4.69) is 4.74 Å². The second-order valence-corrected chi connectivity index (χ2v) is 3.97. The molecule has 1 aromatic rings. The third-order valence-electron chi connectivity index (χ3n) is 1.68. The number of hydrogen-bond acceptors (Lipinski definition) is 5. The minimum absolute atomic E-state index is 0. The van der Waals surface area contributed by atoms with Crippen LogP contribution in [0.5, 0.6) is 5.75 Å². The van der Waals surface area contributed by atoms with E-state index >= 15 is 0 Å². The van der Waals surface area contributed by atoms with Crippen molar-refractivity contribution in [1.82, 2.24) is 0 Å². The van der Waals surface area contributed by atoms with Gasteiger partial charge in [-0.25, -0.2) is 13.2 Å². The van der Waals surface area contributed by atoms with Crippen molar-refractivity contribution in [3.63, 3.8) is 0 Å². The largest absolute Gasteiger partial charge is 1.00 e. The smallest absolute Gasteiger partial charge is 0.744 e. The van der Waals surface area contributed by atoms with E-state index in [9.17, 15) is 17.8 Å². The topological polar surface area (TPSA) is 104 Å². The summed E-state index contributed by atoms with van der Waals surface area (Å²) in [5, 5.41) is 8.62. The SMILES string of the molecule is COc1cc(C(=O)O)ccc1S(=O)(=O)[O-].[K+]. The molecular formula is C8H7KO6S. The molecular weight excluding hydrogens is 263 g/mol. The second-order valence-electron chi connectivity index (χ2n) is 2.62. The quantitative estimate of drug-likeness (QED) is 0.473. The van der Waals surface area contributed by atoms with Crippen molar-refractivity contribution in [2.45, 2.75) is 4.90 Å². The van der Waals surface area contributed by atoms with Gasteiger partial charge in [0.25, 0.3) is 0 Å². The van der Waals surface area contributed by atoms with Gasteiger partial charge in [0.15, 0.2) is 0 Å². The van der Waals surface area contributed by atoms with Gasteiger partial charge in [0.05, 0.1) is 17.6 Å². The minimum atomic E-state index is -4.66. The van der Waals surface area contributed by atoms with Crippen molar-refractivity contribution in [2.24, 2.45) is 0 Å². The molecule has 0 aliphatic carbocycles. The van der Waals surface area contributed by atoms with Crippen molar-refractivity contribution in [2.75, 3.05) is 7.11 Å². The Morgan fingerprint density at radius 2 is 2.00 bits per heavy atom. The first-order valence-corrected chi connectivity index (χ1v) is 5.14. The monoisotopic (exact) mass is 270 g/mol. The van der Waals surface area contributed by atoms with Crippen LogP contribution in [0, 0.1) is 0 Å². The van der Waals surface area contributed by atoms with Crippen LogP contribution in [-0.4, -0.2) is 31.2 Å². The fourth-order valence-corrected chi connectivity index (χ4v) is 1.63. The van der Waals surface area contributed by atoms with Gasteiger partial charge in [-0.3, -0.25) is 0 Å². The van der Waals surface area contributed by atoms with Crippen molar-refractivity contribution < 1.29 is 79.0 Å². The maximum absolute atomic E-state index is 10.7. The number of methoxy groups -OCH3 is 1. The van der Waals surface area contributed by atoms with Crippen LogP contribution in [0.4, 0.5) is 0 Å². The summed E-state index contributed by atoms with van der Waals surface area (Å²) in [5.74, 6) is -1.51. The molecule has 0 amide bonds. The van der Waals surface area contributed by atoms with Crippen LogP contribution in [0.3, 0.4) is 0 Å². The van der Waals surface area contributed by atoms with E-state index in [1.807, 2.05) is 0 Å². The molecule has 8 heteroatoms. The number of carbonyl (C=O) groups is 1. The molecule has 0 saturated carbocycles. The first-order valence-electron chi connectivity index (χ1n) is 3.73. The van der Waals surface area contributed by atoms with E-state index in [1.54, 1.807) is 0 Å². The van der Waals surface area contributed by atoms with Crippen LogP contribution in [0.2, 0.25) is 0 Å². The van der Waals surface area contributed by atoms with E-state index in [0.717, 1.165) is 25.3 Å². The molecule has 0 saturated heterocycles. The molecule has 0 atom stereocenters. The standard InChI is InChI=1S/C8H8O6S.K/c1-14-6-4-5(8(9)10)2-3-7(6)15(11,12)13;/h2-4H,1H3,(H,9,10)(H,11,12,13);/q;+1/p-1. The zero-order valence-corrected chi connectivity index (χ0v) is 12.6. The number of hydrogen-bond donors (Lipinski definition) is 1. The van der Waals surface area contributed by atoms with Gasteiger partial charge >= 0.3 is 57.4 Å². The second kappa shape index (κ2) is 6.10. The summed E-state index contributed by atoms with van der Waals surface area (Å²) in [4.78, 5) is 9.97. The Labute approximate surface area is 135 Å². The van der Waals surface area contributed by atoms with Crippen LogP contribution < -0.4 is 56.1 Å². The molecule has 1 rings (SSSR count). The maximum atomic E-state index is 10.7. The number of ether oxygens (including phenoxy) is 1. The number of carboxylic acids is 1. The molecule has 0 aliphatic rings. The van der Waals surface area contributed by atoms with Crippen molar-refractivity contribution in [3.05, 3.63) is 23.8 Å². The van der Waals surface area contributed by atoms with Gasteiger partial charge in [-0.2, -0.15) is 0 Å². The Bertz CT molecular complexity index is 495. The number of aromatic carboxylic acids is 1. The Morgan fingerprint density at radius 1 is 1.44 bits per heavy atom. The third-order valence-corrected chi connectivity index (χ3v) is 2.56. The van der Waals surface area contributed by atoms with Crippen molar-refractivity contribution in [3.8, 4) is 5.75 Å². The summed E-state index contributed by atoms with van der Waals surface area (Å²) >= 11 is 0. The fourth-order valence-electron chi connectivity index (χ4n) is 1.01. The number of carboxylic acid groups (broad SMARTS) is 1. The molecule has 16 heavy (non-hydrogen) atoms. The van der Waals surface area contributed by atoms with Gasteiger partial charge < -0.3 is 14.4 Å². The zero-order valence-electron chi connectivity index (χ0n) is 8.63. The van der Waals surface area contributed by atoms with Gasteiger partial charge in [0.1, 0.15) is 15.9 Å². The van der Waals surface area contributed by atoms with E-state index in [4.69, 9.17) is 5.11 Å². The minimum Gasteiger partial charge on any atom is -0.744 e. The molecule has 0 aromatic heterocycles. The average molecular weight is 270 g/mol. The molecule has 6 nitrogen and oxygen atoms in total. The van der Waals surface area contributed by atoms with Crippen LogP contribution >= 0.6 is 0 Å². The Morgan fingerprint density at radius 3 is 2.38 bits per heavy atom. The molecule has 0 spiro atoms. The molecule has 0 radical (unpaired) electrons. The maximum Gasteiger partial charge on any atom is 1.00 e. The summed E-state index contributed by atoms with van der Waals surface area (Å²) in [6.45, 7) is 0. The zero-order chi connectivity index (χ0) is 11.6. The Balaban J connectivity index is 0.00000225. The Hall–Kier alpha value is 0.0364. The van der Waals surface area contributed by atoms with Crippen LogP contribution in [0.25, 0.3) is 0 Å². The first-order chi connectivity index (χ1) is 6.86. The molecule has 0 fully saturated rings. The predicted octanol–water partition coefficient (Wildman–Crippen LogP) is -2.70. The number of rotatable bonds is 3.